The lowest BCUT2D eigenvalue weighted by molar-refractivity contribution is 0.152. The van der Waals surface area contributed by atoms with Gasteiger partial charge in [0.05, 0.1) is 6.61 Å². The Kier molecular flexibility index (Phi) is 3.08. The van der Waals surface area contributed by atoms with E-state index < -0.39 is 0 Å². The Morgan fingerprint density at radius 3 is 2.40 bits per heavy atom. The van der Waals surface area contributed by atoms with Gasteiger partial charge < -0.3 is 19.9 Å². The van der Waals surface area contributed by atoms with Gasteiger partial charge in [0.15, 0.2) is 11.5 Å². The van der Waals surface area contributed by atoms with Crippen molar-refractivity contribution in [3.8, 4) is 11.5 Å². The lowest BCUT2D eigenvalue weighted by Crippen LogP contribution is -2.18. The fourth-order valence-electron chi connectivity index (χ4n) is 1.68. The van der Waals surface area contributed by atoms with Crippen LogP contribution in [0.15, 0.2) is 12.1 Å². The maximum absolute atomic E-state index is 5.63. The topological polar surface area (TPSA) is 53.7 Å². The zero-order chi connectivity index (χ0) is 10.7. The average Bonchev–Trinajstić information content (AvgIpc) is 2.30. The Labute approximate surface area is 88.9 Å². The van der Waals surface area contributed by atoms with Crippen molar-refractivity contribution >= 4 is 0 Å². The van der Waals surface area contributed by atoms with Gasteiger partial charge in [-0.3, -0.25) is 0 Å². The van der Waals surface area contributed by atoms with Crippen molar-refractivity contribution in [2.24, 2.45) is 5.73 Å². The van der Waals surface area contributed by atoms with Gasteiger partial charge in [0, 0.05) is 24.8 Å². The molecule has 2 N–H and O–H groups in total. The van der Waals surface area contributed by atoms with Crippen LogP contribution in [0.2, 0.25) is 0 Å². The molecule has 1 aromatic rings. The zero-order valence-corrected chi connectivity index (χ0v) is 8.79. The van der Waals surface area contributed by atoms with Gasteiger partial charge in [-0.1, -0.05) is 12.1 Å². The highest BCUT2D eigenvalue weighted by Crippen LogP contribution is 2.37. The predicted molar refractivity (Wildman–Crippen MR) is 56.0 cm³/mol. The molecule has 0 spiro atoms. The lowest BCUT2D eigenvalue weighted by Gasteiger charge is -2.23. The third-order valence-electron chi connectivity index (χ3n) is 2.37. The monoisotopic (exact) mass is 209 g/mol. The molecule has 0 bridgehead atoms. The highest BCUT2D eigenvalue weighted by atomic mass is 16.6. The van der Waals surface area contributed by atoms with E-state index in [9.17, 15) is 0 Å². The number of rotatable bonds is 3. The van der Waals surface area contributed by atoms with Crippen LogP contribution in [0, 0.1) is 0 Å². The quantitative estimate of drug-likeness (QED) is 0.808. The molecule has 1 aliphatic rings. The van der Waals surface area contributed by atoms with Crippen LogP contribution < -0.4 is 15.2 Å². The van der Waals surface area contributed by atoms with Crippen molar-refractivity contribution in [3.05, 3.63) is 23.3 Å². The molecule has 2 rings (SSSR count). The van der Waals surface area contributed by atoms with E-state index in [-0.39, 0.29) is 0 Å². The number of hydrogen-bond acceptors (Lipinski definition) is 4. The molecule has 4 nitrogen and oxygen atoms in total. The first kappa shape index (κ1) is 10.3. The first-order valence-corrected chi connectivity index (χ1v) is 4.96. The first-order valence-electron chi connectivity index (χ1n) is 4.96. The van der Waals surface area contributed by atoms with E-state index in [4.69, 9.17) is 19.9 Å². The molecule has 0 atom stereocenters. The molecular weight excluding hydrogens is 194 g/mol. The SMILES string of the molecule is COCc1ccc(CN)c2c1OCCO2. The number of methoxy groups -OCH3 is 1. The van der Waals surface area contributed by atoms with Crippen molar-refractivity contribution in [2.45, 2.75) is 13.2 Å². The maximum atomic E-state index is 5.63. The normalized spacial score (nSPS) is 14.0. The van der Waals surface area contributed by atoms with Crippen molar-refractivity contribution in [2.75, 3.05) is 20.3 Å². The summed E-state index contributed by atoms with van der Waals surface area (Å²) in [4.78, 5) is 0. The van der Waals surface area contributed by atoms with Gasteiger partial charge in [0.1, 0.15) is 13.2 Å². The summed E-state index contributed by atoms with van der Waals surface area (Å²) in [5.41, 5.74) is 7.61. The highest BCUT2D eigenvalue weighted by molar-refractivity contribution is 5.52. The minimum atomic E-state index is 0.457. The van der Waals surface area contributed by atoms with Crippen molar-refractivity contribution < 1.29 is 14.2 Å². The molecule has 0 unspecified atom stereocenters. The average molecular weight is 209 g/mol. The molecule has 82 valence electrons. The number of ether oxygens (including phenoxy) is 3. The fourth-order valence-corrected chi connectivity index (χ4v) is 1.68. The van der Waals surface area contributed by atoms with Crippen LogP contribution in [0.25, 0.3) is 0 Å². The Bertz CT molecular complexity index is 352. The standard InChI is InChI=1S/C11H15NO3/c1-13-7-9-3-2-8(6-12)10-11(9)15-5-4-14-10/h2-3H,4-7,12H2,1H3. The predicted octanol–water partition coefficient (Wildman–Crippen LogP) is 1.06. The summed E-state index contributed by atoms with van der Waals surface area (Å²) in [7, 11) is 1.66. The highest BCUT2D eigenvalue weighted by Gasteiger charge is 2.19. The molecule has 0 fully saturated rings. The maximum Gasteiger partial charge on any atom is 0.167 e. The van der Waals surface area contributed by atoms with Gasteiger partial charge >= 0.3 is 0 Å². The second kappa shape index (κ2) is 4.51. The van der Waals surface area contributed by atoms with E-state index in [0.717, 1.165) is 22.6 Å². The second-order valence-corrected chi connectivity index (χ2v) is 3.38. The van der Waals surface area contributed by atoms with E-state index in [2.05, 4.69) is 0 Å². The minimum absolute atomic E-state index is 0.457. The minimum Gasteiger partial charge on any atom is -0.486 e. The fraction of sp³-hybridized carbons (Fsp3) is 0.455. The van der Waals surface area contributed by atoms with E-state index in [0.29, 0.717) is 26.4 Å². The number of benzene rings is 1. The Hall–Kier alpha value is -1.26. The van der Waals surface area contributed by atoms with Gasteiger partial charge in [0.2, 0.25) is 0 Å². The zero-order valence-electron chi connectivity index (χ0n) is 8.79. The van der Waals surface area contributed by atoms with E-state index in [1.165, 1.54) is 0 Å². The van der Waals surface area contributed by atoms with Gasteiger partial charge in [-0.15, -0.1) is 0 Å². The number of fused-ring (bicyclic) bond motifs is 1. The van der Waals surface area contributed by atoms with E-state index >= 15 is 0 Å². The molecule has 4 heteroatoms. The summed E-state index contributed by atoms with van der Waals surface area (Å²) in [5.74, 6) is 1.56. The molecule has 0 aliphatic carbocycles. The van der Waals surface area contributed by atoms with Gasteiger partial charge in [-0.25, -0.2) is 0 Å². The van der Waals surface area contributed by atoms with Crippen LogP contribution in [0.3, 0.4) is 0 Å². The Morgan fingerprint density at radius 1 is 1.20 bits per heavy atom. The van der Waals surface area contributed by atoms with Crippen molar-refractivity contribution in [1.29, 1.82) is 0 Å². The summed E-state index contributed by atoms with van der Waals surface area (Å²) in [6.07, 6.45) is 0. The van der Waals surface area contributed by atoms with Crippen LogP contribution in [-0.4, -0.2) is 20.3 Å². The van der Waals surface area contributed by atoms with Crippen LogP contribution >= 0.6 is 0 Å². The largest absolute Gasteiger partial charge is 0.486 e. The molecule has 0 aromatic heterocycles. The van der Waals surface area contributed by atoms with Crippen LogP contribution in [0.4, 0.5) is 0 Å². The number of hydrogen-bond donors (Lipinski definition) is 1. The third-order valence-corrected chi connectivity index (χ3v) is 2.37. The van der Waals surface area contributed by atoms with Crippen LogP contribution in [0.1, 0.15) is 11.1 Å². The van der Waals surface area contributed by atoms with E-state index in [1.807, 2.05) is 12.1 Å². The third kappa shape index (κ3) is 1.91. The Balaban J connectivity index is 2.42. The molecule has 1 heterocycles. The molecule has 0 saturated heterocycles. The van der Waals surface area contributed by atoms with Gasteiger partial charge in [-0.2, -0.15) is 0 Å². The Morgan fingerprint density at radius 2 is 1.80 bits per heavy atom. The molecule has 0 saturated carbocycles. The molecule has 1 aromatic carbocycles. The summed E-state index contributed by atoms with van der Waals surface area (Å²) >= 11 is 0. The molecule has 0 radical (unpaired) electrons. The summed E-state index contributed by atoms with van der Waals surface area (Å²) in [6, 6.07) is 3.93. The lowest BCUT2D eigenvalue weighted by atomic mass is 10.1. The summed E-state index contributed by atoms with van der Waals surface area (Å²) in [5, 5.41) is 0. The van der Waals surface area contributed by atoms with Crippen LogP contribution in [-0.2, 0) is 17.9 Å². The van der Waals surface area contributed by atoms with E-state index in [1.54, 1.807) is 7.11 Å². The molecule has 15 heavy (non-hydrogen) atoms. The smallest absolute Gasteiger partial charge is 0.167 e. The first-order chi connectivity index (χ1) is 7.36. The molecule has 0 amide bonds. The number of nitrogens with two attached hydrogens (primary N) is 1. The molecule has 1 aliphatic heterocycles. The second-order valence-electron chi connectivity index (χ2n) is 3.38. The van der Waals surface area contributed by atoms with Crippen molar-refractivity contribution in [1.82, 2.24) is 0 Å². The van der Waals surface area contributed by atoms with Gasteiger partial charge in [0.25, 0.3) is 0 Å². The molecular formula is C11H15NO3. The summed E-state index contributed by atoms with van der Waals surface area (Å²) in [6.45, 7) is 2.14. The van der Waals surface area contributed by atoms with Gasteiger partial charge in [-0.05, 0) is 0 Å². The van der Waals surface area contributed by atoms with Crippen LogP contribution in [0.5, 0.6) is 11.5 Å². The summed E-state index contributed by atoms with van der Waals surface area (Å²) < 4.78 is 16.3. The van der Waals surface area contributed by atoms with Crippen molar-refractivity contribution in [3.63, 3.8) is 0 Å².